The van der Waals surface area contributed by atoms with Gasteiger partial charge in [-0.2, -0.15) is 9.78 Å². The summed E-state index contributed by atoms with van der Waals surface area (Å²) in [5.41, 5.74) is 2.71. The largest absolute Gasteiger partial charge is 0.489 e. The Bertz CT molecular complexity index is 1790. The lowest BCUT2D eigenvalue weighted by Gasteiger charge is -2.08. The molecule has 7 heteroatoms. The van der Waals surface area contributed by atoms with E-state index in [2.05, 4.69) is 5.10 Å². The zero-order chi connectivity index (χ0) is 25.2. The molecule has 4 aromatic carbocycles. The summed E-state index contributed by atoms with van der Waals surface area (Å²) in [5.74, 6) is 1.49. The van der Waals surface area contributed by atoms with E-state index in [1.54, 1.807) is 18.3 Å². The molecule has 0 aliphatic rings. The van der Waals surface area contributed by atoms with Crippen LogP contribution >= 0.6 is 11.6 Å². The zero-order valence-corrected chi connectivity index (χ0v) is 20.3. The van der Waals surface area contributed by atoms with Crippen molar-refractivity contribution in [1.82, 2.24) is 9.66 Å². The molecule has 0 aliphatic heterocycles. The Morgan fingerprint density at radius 2 is 1.68 bits per heavy atom. The molecule has 2 aromatic heterocycles. The molecule has 0 aliphatic carbocycles. The molecule has 0 fully saturated rings. The van der Waals surface area contributed by atoms with Gasteiger partial charge in [-0.05, 0) is 60.2 Å². The molecule has 180 valence electrons. The third-order valence-electron chi connectivity index (χ3n) is 5.95. The molecule has 0 saturated carbocycles. The monoisotopic (exact) mass is 505 g/mol. The summed E-state index contributed by atoms with van der Waals surface area (Å²) in [7, 11) is 0. The quantitative estimate of drug-likeness (QED) is 0.230. The van der Waals surface area contributed by atoms with Crippen LogP contribution in [0, 0.1) is 0 Å². The molecule has 2 heterocycles. The summed E-state index contributed by atoms with van der Waals surface area (Å²) in [6.07, 6.45) is 1.61. The van der Waals surface area contributed by atoms with Crippen molar-refractivity contribution in [2.24, 2.45) is 5.10 Å². The molecular weight excluding hydrogens is 486 g/mol. The smallest absolute Gasteiger partial charge is 0.282 e. The minimum atomic E-state index is -0.281. The van der Waals surface area contributed by atoms with Gasteiger partial charge in [-0.15, -0.1) is 0 Å². The number of aromatic nitrogens is 2. The Morgan fingerprint density at radius 3 is 2.51 bits per heavy atom. The van der Waals surface area contributed by atoms with E-state index >= 15 is 0 Å². The molecule has 6 rings (SSSR count). The average molecular weight is 506 g/mol. The first-order chi connectivity index (χ1) is 18.2. The van der Waals surface area contributed by atoms with E-state index in [-0.39, 0.29) is 5.56 Å². The van der Waals surface area contributed by atoms with Crippen molar-refractivity contribution in [3.8, 4) is 17.3 Å². The lowest BCUT2D eigenvalue weighted by Crippen LogP contribution is -2.20. The Hall–Kier alpha value is -4.68. The fraction of sp³-hybridized carbons (Fsp3) is 0.0333. The zero-order valence-electron chi connectivity index (χ0n) is 19.5. The first-order valence-corrected chi connectivity index (χ1v) is 12.0. The summed E-state index contributed by atoms with van der Waals surface area (Å²) >= 11 is 6.21. The summed E-state index contributed by atoms with van der Waals surface area (Å²) < 4.78 is 13.2. The maximum Gasteiger partial charge on any atom is 0.282 e. The van der Waals surface area contributed by atoms with Crippen molar-refractivity contribution in [2.45, 2.75) is 6.61 Å². The van der Waals surface area contributed by atoms with Crippen LogP contribution in [0.25, 0.3) is 33.5 Å². The summed E-state index contributed by atoms with van der Waals surface area (Å²) in [6, 6.07) is 31.7. The number of rotatable bonds is 6. The maximum absolute atomic E-state index is 13.4. The Balaban J connectivity index is 1.33. The summed E-state index contributed by atoms with van der Waals surface area (Å²) in [6.45, 7) is 0.367. The fourth-order valence-electron chi connectivity index (χ4n) is 4.03. The van der Waals surface area contributed by atoms with Crippen molar-refractivity contribution in [3.63, 3.8) is 0 Å². The number of hydrogen-bond donors (Lipinski definition) is 0. The van der Waals surface area contributed by atoms with Crippen LogP contribution in [-0.2, 0) is 6.61 Å². The third-order valence-corrected chi connectivity index (χ3v) is 6.32. The summed E-state index contributed by atoms with van der Waals surface area (Å²) in [4.78, 5) is 18.1. The van der Waals surface area contributed by atoms with Gasteiger partial charge >= 0.3 is 0 Å². The number of halogens is 1. The highest BCUT2D eigenvalue weighted by atomic mass is 35.5. The maximum atomic E-state index is 13.4. The van der Waals surface area contributed by atoms with Crippen molar-refractivity contribution < 1.29 is 9.15 Å². The molecule has 0 saturated heterocycles. The van der Waals surface area contributed by atoms with Gasteiger partial charge in [0.25, 0.3) is 5.56 Å². The van der Waals surface area contributed by atoms with Gasteiger partial charge in [-0.3, -0.25) is 4.79 Å². The molecule has 0 spiro atoms. The summed E-state index contributed by atoms with van der Waals surface area (Å²) in [5, 5.41) is 6.57. The SMILES string of the molecule is O=c1c2ccccc2nc(-c2cc3ccccc3o2)n1N=Cc1ccc(OCc2ccccc2Cl)cc1. The van der Waals surface area contributed by atoms with Crippen molar-refractivity contribution in [1.29, 1.82) is 0 Å². The van der Waals surface area contributed by atoms with Crippen LogP contribution in [0.5, 0.6) is 5.75 Å². The minimum absolute atomic E-state index is 0.281. The number of ether oxygens (including phenoxy) is 1. The average Bonchev–Trinajstić information content (AvgIpc) is 3.37. The normalized spacial score (nSPS) is 11.5. The molecule has 0 radical (unpaired) electrons. The van der Waals surface area contributed by atoms with E-state index in [0.29, 0.717) is 45.4 Å². The van der Waals surface area contributed by atoms with Gasteiger partial charge in [-0.1, -0.05) is 60.1 Å². The van der Waals surface area contributed by atoms with Gasteiger partial charge in [0.1, 0.15) is 17.9 Å². The Kier molecular flexibility index (Phi) is 6.00. The van der Waals surface area contributed by atoms with Crippen LogP contribution < -0.4 is 10.3 Å². The Labute approximate surface area is 217 Å². The van der Waals surface area contributed by atoms with Gasteiger partial charge in [0, 0.05) is 16.0 Å². The topological polar surface area (TPSA) is 69.6 Å². The Morgan fingerprint density at radius 1 is 0.919 bits per heavy atom. The van der Waals surface area contributed by atoms with E-state index in [1.165, 1.54) is 4.68 Å². The molecule has 0 atom stereocenters. The molecule has 0 unspecified atom stereocenters. The van der Waals surface area contributed by atoms with Crippen molar-refractivity contribution in [2.75, 3.05) is 0 Å². The van der Waals surface area contributed by atoms with Crippen LogP contribution in [0.3, 0.4) is 0 Å². The van der Waals surface area contributed by atoms with Crippen LogP contribution in [0.1, 0.15) is 11.1 Å². The highest BCUT2D eigenvalue weighted by Crippen LogP contribution is 2.27. The van der Waals surface area contributed by atoms with Gasteiger partial charge in [0.05, 0.1) is 17.1 Å². The third kappa shape index (κ3) is 4.62. The van der Waals surface area contributed by atoms with E-state index in [1.807, 2.05) is 91.0 Å². The molecule has 37 heavy (non-hydrogen) atoms. The van der Waals surface area contributed by atoms with E-state index in [4.69, 9.17) is 25.7 Å². The first kappa shape index (κ1) is 22.8. The lowest BCUT2D eigenvalue weighted by atomic mass is 10.2. The number of benzene rings is 4. The van der Waals surface area contributed by atoms with Gasteiger partial charge < -0.3 is 9.15 Å². The first-order valence-electron chi connectivity index (χ1n) is 11.7. The second kappa shape index (κ2) is 9.76. The lowest BCUT2D eigenvalue weighted by molar-refractivity contribution is 0.306. The van der Waals surface area contributed by atoms with Gasteiger partial charge in [-0.25, -0.2) is 4.98 Å². The van der Waals surface area contributed by atoms with Crippen LogP contribution in [-0.4, -0.2) is 15.9 Å². The fourth-order valence-corrected chi connectivity index (χ4v) is 4.22. The number of fused-ring (bicyclic) bond motifs is 2. The van der Waals surface area contributed by atoms with E-state index in [0.717, 1.165) is 16.5 Å². The molecule has 0 amide bonds. The predicted octanol–water partition coefficient (Wildman–Crippen LogP) is 6.92. The second-order valence-corrected chi connectivity index (χ2v) is 8.82. The standard InChI is InChI=1S/C30H20ClN3O3/c31-25-10-4-1-8-22(25)19-36-23-15-13-20(14-16-23)18-32-34-29(28-17-21-7-2-6-12-27(21)37-28)33-26-11-5-3-9-24(26)30(34)35/h1-18H,19H2. The number of para-hydroxylation sites is 2. The van der Waals surface area contributed by atoms with Crippen LogP contribution in [0.15, 0.2) is 117 Å². The highest BCUT2D eigenvalue weighted by molar-refractivity contribution is 6.31. The molecular formula is C30H20ClN3O3. The molecule has 0 bridgehead atoms. The van der Waals surface area contributed by atoms with E-state index in [9.17, 15) is 4.79 Å². The van der Waals surface area contributed by atoms with Gasteiger partial charge in [0.15, 0.2) is 5.76 Å². The molecule has 0 N–H and O–H groups in total. The predicted molar refractivity (Wildman–Crippen MR) is 146 cm³/mol. The molecule has 6 aromatic rings. The van der Waals surface area contributed by atoms with Crippen LogP contribution in [0.4, 0.5) is 0 Å². The van der Waals surface area contributed by atoms with Crippen LogP contribution in [0.2, 0.25) is 5.02 Å². The van der Waals surface area contributed by atoms with Gasteiger partial charge in [0.2, 0.25) is 5.82 Å². The highest BCUT2D eigenvalue weighted by Gasteiger charge is 2.16. The van der Waals surface area contributed by atoms with Crippen molar-refractivity contribution >= 4 is 39.7 Å². The van der Waals surface area contributed by atoms with E-state index < -0.39 is 0 Å². The number of furan rings is 1. The second-order valence-electron chi connectivity index (χ2n) is 8.41. The number of hydrogen-bond acceptors (Lipinski definition) is 5. The molecule has 6 nitrogen and oxygen atoms in total. The number of nitrogens with zero attached hydrogens (tertiary/aromatic N) is 3. The van der Waals surface area contributed by atoms with Crippen molar-refractivity contribution in [3.05, 3.63) is 130 Å². The minimum Gasteiger partial charge on any atom is -0.489 e.